The van der Waals surface area contributed by atoms with Crippen molar-refractivity contribution in [3.8, 4) is 0 Å². The summed E-state index contributed by atoms with van der Waals surface area (Å²) in [6.45, 7) is 0.0607. The third-order valence-corrected chi connectivity index (χ3v) is 5.22. The minimum Gasteiger partial charge on any atom is -0.483 e. The smallest absolute Gasteiger partial charge is 0.290 e. The van der Waals surface area contributed by atoms with Gasteiger partial charge in [0.15, 0.2) is 6.10 Å². The van der Waals surface area contributed by atoms with Gasteiger partial charge in [-0.15, -0.1) is 0 Å². The van der Waals surface area contributed by atoms with Crippen LogP contribution in [0.1, 0.15) is 17.2 Å². The number of benzene rings is 2. The topological polar surface area (TPSA) is 121 Å². The molecule has 162 valence electrons. The number of carbonyl (C=O) groups is 3. The average Bonchev–Trinajstić information content (AvgIpc) is 3.18. The molecule has 1 aliphatic rings. The van der Waals surface area contributed by atoms with Gasteiger partial charge in [0.25, 0.3) is 12.4 Å². The van der Waals surface area contributed by atoms with E-state index in [2.05, 4.69) is 21.7 Å². The molecule has 2 amide bonds. The van der Waals surface area contributed by atoms with E-state index in [4.69, 9.17) is 26.2 Å². The SMILES string of the molecule is O=C1CO[C@H](C(=O)NCCc2c[nH]c3ccccc23)[C@@H](c2ccccc2Cl)N1.O=CO. The molecule has 1 fully saturated rings. The van der Waals surface area contributed by atoms with Crippen LogP contribution < -0.4 is 10.6 Å². The number of fused-ring (bicyclic) bond motifs is 1. The number of para-hydroxylation sites is 1. The first-order valence-corrected chi connectivity index (χ1v) is 9.99. The second kappa shape index (κ2) is 10.6. The van der Waals surface area contributed by atoms with Crippen LogP contribution in [0.5, 0.6) is 0 Å². The Morgan fingerprint density at radius 2 is 1.94 bits per heavy atom. The van der Waals surface area contributed by atoms with Crippen molar-refractivity contribution in [1.82, 2.24) is 15.6 Å². The molecule has 1 aliphatic heterocycles. The van der Waals surface area contributed by atoms with E-state index in [0.29, 0.717) is 23.6 Å². The molecule has 2 aromatic carbocycles. The van der Waals surface area contributed by atoms with Gasteiger partial charge in [-0.25, -0.2) is 0 Å². The normalized spacial score (nSPS) is 17.9. The van der Waals surface area contributed by atoms with E-state index in [1.165, 1.54) is 0 Å². The molecule has 0 saturated carbocycles. The van der Waals surface area contributed by atoms with Crippen molar-refractivity contribution >= 4 is 40.8 Å². The van der Waals surface area contributed by atoms with E-state index in [1.54, 1.807) is 18.2 Å². The van der Waals surface area contributed by atoms with Crippen LogP contribution in [0.25, 0.3) is 10.9 Å². The Kier molecular flexibility index (Phi) is 7.64. The summed E-state index contributed by atoms with van der Waals surface area (Å²) < 4.78 is 5.54. The summed E-state index contributed by atoms with van der Waals surface area (Å²) in [5.74, 6) is -0.544. The van der Waals surface area contributed by atoms with Crippen LogP contribution in [0.4, 0.5) is 0 Å². The van der Waals surface area contributed by atoms with E-state index < -0.39 is 12.1 Å². The summed E-state index contributed by atoms with van der Waals surface area (Å²) in [5, 5.41) is 14.3. The fraction of sp³-hybridized carbons (Fsp3) is 0.227. The Labute approximate surface area is 183 Å². The van der Waals surface area contributed by atoms with E-state index in [-0.39, 0.29) is 24.9 Å². The van der Waals surface area contributed by atoms with Crippen LogP contribution in [0.3, 0.4) is 0 Å². The van der Waals surface area contributed by atoms with Crippen molar-refractivity contribution in [3.63, 3.8) is 0 Å². The van der Waals surface area contributed by atoms with E-state index in [9.17, 15) is 9.59 Å². The fourth-order valence-electron chi connectivity index (χ4n) is 3.51. The number of carbonyl (C=O) groups excluding carboxylic acids is 2. The zero-order valence-electron chi connectivity index (χ0n) is 16.5. The molecule has 31 heavy (non-hydrogen) atoms. The highest BCUT2D eigenvalue weighted by Gasteiger charge is 2.36. The molecule has 0 radical (unpaired) electrons. The van der Waals surface area contributed by atoms with Crippen LogP contribution >= 0.6 is 11.6 Å². The van der Waals surface area contributed by atoms with Gasteiger partial charge in [-0.2, -0.15) is 0 Å². The Hall–Kier alpha value is -3.36. The maximum absolute atomic E-state index is 12.8. The lowest BCUT2D eigenvalue weighted by molar-refractivity contribution is -0.148. The minimum atomic E-state index is -0.833. The molecule has 8 nitrogen and oxygen atoms in total. The highest BCUT2D eigenvalue weighted by Crippen LogP contribution is 2.28. The first-order valence-electron chi connectivity index (χ1n) is 9.61. The maximum Gasteiger partial charge on any atom is 0.290 e. The summed E-state index contributed by atoms with van der Waals surface area (Å²) in [4.78, 5) is 36.2. The van der Waals surface area contributed by atoms with Gasteiger partial charge in [0, 0.05) is 28.7 Å². The molecule has 2 heterocycles. The van der Waals surface area contributed by atoms with E-state index in [1.807, 2.05) is 30.5 Å². The summed E-state index contributed by atoms with van der Waals surface area (Å²) in [7, 11) is 0. The second-order valence-corrected chi connectivity index (χ2v) is 7.21. The van der Waals surface area contributed by atoms with Gasteiger partial charge in [0.2, 0.25) is 5.91 Å². The van der Waals surface area contributed by atoms with Gasteiger partial charge in [0.1, 0.15) is 6.61 Å². The first-order chi connectivity index (χ1) is 15.0. The zero-order chi connectivity index (χ0) is 22.2. The van der Waals surface area contributed by atoms with Crippen molar-refractivity contribution in [1.29, 1.82) is 0 Å². The van der Waals surface area contributed by atoms with Crippen molar-refractivity contribution in [2.75, 3.05) is 13.2 Å². The fourth-order valence-corrected chi connectivity index (χ4v) is 3.76. The maximum atomic E-state index is 12.8. The molecule has 0 unspecified atom stereocenters. The molecule has 4 N–H and O–H groups in total. The highest BCUT2D eigenvalue weighted by atomic mass is 35.5. The number of aromatic nitrogens is 1. The lowest BCUT2D eigenvalue weighted by atomic mass is 9.99. The summed E-state index contributed by atoms with van der Waals surface area (Å²) >= 11 is 6.26. The van der Waals surface area contributed by atoms with Crippen LogP contribution in [-0.2, 0) is 25.5 Å². The number of hydrogen-bond acceptors (Lipinski definition) is 4. The number of amides is 2. The largest absolute Gasteiger partial charge is 0.483 e. The van der Waals surface area contributed by atoms with Crippen LogP contribution in [0.15, 0.2) is 54.7 Å². The highest BCUT2D eigenvalue weighted by molar-refractivity contribution is 6.31. The Morgan fingerprint density at radius 3 is 2.71 bits per heavy atom. The summed E-state index contributed by atoms with van der Waals surface area (Å²) in [5.41, 5.74) is 2.87. The number of nitrogens with one attached hydrogen (secondary N) is 3. The number of morpholine rings is 1. The average molecular weight is 444 g/mol. The standard InChI is InChI=1S/C21H20ClN3O3.CH2O2/c22-16-7-3-1-6-15(16)19-20(28-12-18(26)25-19)21(27)23-10-9-13-11-24-17-8-4-2-5-14(13)17;2-1-3/h1-8,11,19-20,24H,9-10,12H2,(H,23,27)(H,25,26);1H,(H,2,3)/t19-,20+;/m1./s1. The monoisotopic (exact) mass is 443 g/mol. The van der Waals surface area contributed by atoms with Gasteiger partial charge in [-0.05, 0) is 29.7 Å². The zero-order valence-corrected chi connectivity index (χ0v) is 17.3. The lowest BCUT2D eigenvalue weighted by Crippen LogP contribution is -2.52. The van der Waals surface area contributed by atoms with Gasteiger partial charge in [-0.1, -0.05) is 48.0 Å². The third kappa shape index (κ3) is 5.42. The number of halogens is 1. The molecule has 1 aromatic heterocycles. The van der Waals surface area contributed by atoms with Gasteiger partial charge >= 0.3 is 0 Å². The quantitative estimate of drug-likeness (QED) is 0.451. The van der Waals surface area contributed by atoms with Gasteiger partial charge < -0.3 is 25.5 Å². The number of H-pyrrole nitrogens is 1. The van der Waals surface area contributed by atoms with E-state index >= 15 is 0 Å². The third-order valence-electron chi connectivity index (χ3n) is 4.88. The molecule has 9 heteroatoms. The molecule has 0 spiro atoms. The Bertz CT molecular complexity index is 1070. The van der Waals surface area contributed by atoms with Crippen LogP contribution in [-0.4, -0.2) is 47.6 Å². The van der Waals surface area contributed by atoms with Crippen LogP contribution in [0, 0.1) is 0 Å². The molecular weight excluding hydrogens is 422 g/mol. The van der Waals surface area contributed by atoms with Crippen molar-refractivity contribution in [2.24, 2.45) is 0 Å². The molecule has 1 saturated heterocycles. The molecule has 3 aromatic rings. The number of ether oxygens (including phenoxy) is 1. The Morgan fingerprint density at radius 1 is 1.23 bits per heavy atom. The molecule has 4 rings (SSSR count). The molecule has 0 aliphatic carbocycles. The minimum absolute atomic E-state index is 0.151. The van der Waals surface area contributed by atoms with Crippen LogP contribution in [0.2, 0.25) is 5.02 Å². The number of hydrogen-bond donors (Lipinski definition) is 4. The van der Waals surface area contributed by atoms with Crippen molar-refractivity contribution < 1.29 is 24.2 Å². The number of aromatic amines is 1. The predicted octanol–water partition coefficient (Wildman–Crippen LogP) is 2.44. The van der Waals surface area contributed by atoms with Crippen molar-refractivity contribution in [2.45, 2.75) is 18.6 Å². The molecular formula is C22H22ClN3O5. The number of carboxylic acid groups (broad SMARTS) is 1. The second-order valence-electron chi connectivity index (χ2n) is 6.80. The van der Waals surface area contributed by atoms with Gasteiger partial charge in [-0.3, -0.25) is 14.4 Å². The predicted molar refractivity (Wildman–Crippen MR) is 116 cm³/mol. The number of rotatable bonds is 5. The lowest BCUT2D eigenvalue weighted by Gasteiger charge is -2.32. The van der Waals surface area contributed by atoms with Crippen molar-refractivity contribution in [3.05, 3.63) is 70.9 Å². The summed E-state index contributed by atoms with van der Waals surface area (Å²) in [6.07, 6.45) is 1.81. The summed E-state index contributed by atoms with van der Waals surface area (Å²) in [6, 6.07) is 14.5. The van der Waals surface area contributed by atoms with E-state index in [0.717, 1.165) is 16.5 Å². The molecule has 0 bridgehead atoms. The first kappa shape index (κ1) is 22.3. The Balaban J connectivity index is 0.000000858. The van der Waals surface area contributed by atoms with Gasteiger partial charge in [0.05, 0.1) is 6.04 Å². The molecule has 2 atom stereocenters.